The van der Waals surface area contributed by atoms with Crippen LogP contribution in [0.15, 0.2) is 48.5 Å². The predicted octanol–water partition coefficient (Wildman–Crippen LogP) is 1.10. The smallest absolute Gasteiger partial charge is 0.407 e. The van der Waals surface area contributed by atoms with Crippen molar-refractivity contribution in [1.29, 1.82) is 0 Å². The van der Waals surface area contributed by atoms with Gasteiger partial charge in [0.2, 0.25) is 5.91 Å². The molecule has 2 aromatic rings. The van der Waals surface area contributed by atoms with Crippen LogP contribution in [0, 0.1) is 0 Å². The zero-order chi connectivity index (χ0) is 27.4. The van der Waals surface area contributed by atoms with Crippen LogP contribution in [0.25, 0.3) is 0 Å². The third-order valence-electron chi connectivity index (χ3n) is 5.15. The second-order valence-corrected chi connectivity index (χ2v) is 7.67. The van der Waals surface area contributed by atoms with Crippen molar-refractivity contribution in [2.75, 3.05) is 27.9 Å². The summed E-state index contributed by atoms with van der Waals surface area (Å²) in [5.41, 5.74) is 1.05. The molecule has 0 heterocycles. The number of carbonyl (C=O) groups excluding carboxylic acids is 4. The number of methoxy groups -OCH3 is 3. The first kappa shape index (κ1) is 28.6. The summed E-state index contributed by atoms with van der Waals surface area (Å²) < 4.78 is 19.1. The van der Waals surface area contributed by atoms with E-state index in [1.165, 1.54) is 25.3 Å². The van der Waals surface area contributed by atoms with Crippen LogP contribution in [0.3, 0.4) is 0 Å². The Labute approximate surface area is 212 Å². The monoisotopic (exact) mass is 516 g/mol. The average Bonchev–Trinajstić information content (AvgIpc) is 2.90. The summed E-state index contributed by atoms with van der Waals surface area (Å²) in [5.74, 6) is -3.49. The van der Waals surface area contributed by atoms with Gasteiger partial charge in [0.05, 0.1) is 21.3 Å². The maximum atomic E-state index is 13.0. The molecule has 0 fully saturated rings. The van der Waals surface area contributed by atoms with E-state index >= 15 is 0 Å². The van der Waals surface area contributed by atoms with Crippen LogP contribution in [-0.2, 0) is 41.4 Å². The van der Waals surface area contributed by atoms with Crippen molar-refractivity contribution in [3.05, 3.63) is 65.2 Å². The molecule has 0 aliphatic heterocycles. The predicted molar refractivity (Wildman–Crippen MR) is 128 cm³/mol. The standard InChI is InChI=1S/C25H28N2O10/c1-34-21(28)14-37-20-10-9-16(11-17(20)24(32)35-2)13-19(23(30)31)26-22(29)18(27-25(33)36-3)12-15-7-5-4-6-8-15/h4-11,18-19H,12-14H2,1-3H3,(H,26,29)(H,27,33)(H,30,31). The number of nitrogens with one attached hydrogen (secondary N) is 2. The molecule has 0 saturated heterocycles. The van der Waals surface area contributed by atoms with Crippen LogP contribution < -0.4 is 15.4 Å². The van der Waals surface area contributed by atoms with Gasteiger partial charge in [-0.1, -0.05) is 36.4 Å². The lowest BCUT2D eigenvalue weighted by Crippen LogP contribution is -2.53. The molecule has 3 N–H and O–H groups in total. The van der Waals surface area contributed by atoms with Crippen LogP contribution >= 0.6 is 0 Å². The Balaban J connectivity index is 2.23. The summed E-state index contributed by atoms with van der Waals surface area (Å²) in [6.07, 6.45) is -0.973. The average molecular weight is 517 g/mol. The Morgan fingerprint density at radius 2 is 1.49 bits per heavy atom. The molecule has 0 aliphatic rings. The van der Waals surface area contributed by atoms with Gasteiger partial charge in [0.15, 0.2) is 6.61 Å². The van der Waals surface area contributed by atoms with Crippen molar-refractivity contribution in [2.24, 2.45) is 0 Å². The molecule has 0 saturated carbocycles. The first-order valence-electron chi connectivity index (χ1n) is 11.0. The quantitative estimate of drug-likeness (QED) is 0.275. The van der Waals surface area contributed by atoms with E-state index in [1.54, 1.807) is 30.3 Å². The Hall–Kier alpha value is -4.61. The van der Waals surface area contributed by atoms with Crippen LogP contribution in [0.1, 0.15) is 21.5 Å². The van der Waals surface area contributed by atoms with Crippen molar-refractivity contribution in [3.8, 4) is 5.75 Å². The first-order chi connectivity index (χ1) is 17.7. The summed E-state index contributed by atoms with van der Waals surface area (Å²) >= 11 is 0. The van der Waals surface area contributed by atoms with Gasteiger partial charge < -0.3 is 34.7 Å². The molecule has 2 aromatic carbocycles. The van der Waals surface area contributed by atoms with Gasteiger partial charge in [-0.3, -0.25) is 4.79 Å². The van der Waals surface area contributed by atoms with Gasteiger partial charge in [-0.05, 0) is 23.3 Å². The molecule has 37 heavy (non-hydrogen) atoms. The number of carbonyl (C=O) groups is 5. The number of benzene rings is 2. The normalized spacial score (nSPS) is 11.9. The van der Waals surface area contributed by atoms with Crippen LogP contribution in [-0.4, -0.2) is 75.0 Å². The fraction of sp³-hybridized carbons (Fsp3) is 0.320. The van der Waals surface area contributed by atoms with E-state index in [-0.39, 0.29) is 24.2 Å². The van der Waals surface area contributed by atoms with E-state index in [0.717, 1.165) is 19.8 Å². The lowest BCUT2D eigenvalue weighted by Gasteiger charge is -2.21. The minimum Gasteiger partial charge on any atom is -0.481 e. The molecule has 2 atom stereocenters. The number of aliphatic carboxylic acids is 1. The zero-order valence-corrected chi connectivity index (χ0v) is 20.5. The van der Waals surface area contributed by atoms with Gasteiger partial charge in [-0.2, -0.15) is 0 Å². The summed E-state index contributed by atoms with van der Waals surface area (Å²) in [6.45, 7) is -0.455. The third kappa shape index (κ3) is 8.84. The van der Waals surface area contributed by atoms with Gasteiger partial charge in [0.1, 0.15) is 23.4 Å². The highest BCUT2D eigenvalue weighted by Gasteiger charge is 2.28. The van der Waals surface area contributed by atoms with Crippen LogP contribution in [0.4, 0.5) is 4.79 Å². The lowest BCUT2D eigenvalue weighted by atomic mass is 10.0. The van der Waals surface area contributed by atoms with Crippen molar-refractivity contribution in [3.63, 3.8) is 0 Å². The number of carboxylic acid groups (broad SMARTS) is 1. The molecule has 0 bridgehead atoms. The van der Waals surface area contributed by atoms with E-state index in [0.29, 0.717) is 5.56 Å². The molecule has 198 valence electrons. The van der Waals surface area contributed by atoms with Crippen molar-refractivity contribution < 1.29 is 48.0 Å². The highest BCUT2D eigenvalue weighted by Crippen LogP contribution is 2.22. The highest BCUT2D eigenvalue weighted by atomic mass is 16.6. The number of hydrogen-bond acceptors (Lipinski definition) is 9. The maximum Gasteiger partial charge on any atom is 0.407 e. The van der Waals surface area contributed by atoms with Gasteiger partial charge in [-0.25, -0.2) is 19.2 Å². The van der Waals surface area contributed by atoms with Gasteiger partial charge in [0, 0.05) is 12.8 Å². The Bertz CT molecular complexity index is 1120. The fourth-order valence-electron chi connectivity index (χ4n) is 3.26. The largest absolute Gasteiger partial charge is 0.481 e. The molecule has 0 aliphatic carbocycles. The molecular weight excluding hydrogens is 488 g/mol. The number of hydrogen-bond donors (Lipinski definition) is 3. The SMILES string of the molecule is COC(=O)COc1ccc(CC(NC(=O)C(Cc2ccccc2)NC(=O)OC)C(=O)O)cc1C(=O)OC. The van der Waals surface area contributed by atoms with Gasteiger partial charge in [-0.15, -0.1) is 0 Å². The summed E-state index contributed by atoms with van der Waals surface area (Å²) in [4.78, 5) is 60.3. The number of esters is 2. The van der Waals surface area contributed by atoms with Crippen molar-refractivity contribution in [1.82, 2.24) is 10.6 Å². The number of carboxylic acids is 1. The second-order valence-electron chi connectivity index (χ2n) is 7.67. The van der Waals surface area contributed by atoms with E-state index < -0.39 is 48.6 Å². The molecular formula is C25H28N2O10. The zero-order valence-electron chi connectivity index (χ0n) is 20.5. The van der Waals surface area contributed by atoms with Crippen LogP contribution in [0.2, 0.25) is 0 Å². The third-order valence-corrected chi connectivity index (χ3v) is 5.15. The van der Waals surface area contributed by atoms with Crippen molar-refractivity contribution in [2.45, 2.75) is 24.9 Å². The molecule has 2 rings (SSSR count). The summed E-state index contributed by atoms with van der Waals surface area (Å²) in [7, 11) is 3.48. The lowest BCUT2D eigenvalue weighted by molar-refractivity contribution is -0.143. The van der Waals surface area contributed by atoms with Crippen molar-refractivity contribution >= 4 is 29.9 Å². The summed E-state index contributed by atoms with van der Waals surface area (Å²) in [6, 6.07) is 10.5. The second kappa shape index (κ2) is 14.1. The molecule has 2 amide bonds. The minimum absolute atomic E-state index is 0.0297. The van der Waals surface area contributed by atoms with E-state index in [2.05, 4.69) is 20.1 Å². The molecule has 2 unspecified atom stereocenters. The van der Waals surface area contributed by atoms with Gasteiger partial charge in [0.25, 0.3) is 0 Å². The first-order valence-corrected chi connectivity index (χ1v) is 11.0. The number of alkyl carbamates (subject to hydrolysis) is 1. The molecule has 0 spiro atoms. The summed E-state index contributed by atoms with van der Waals surface area (Å²) in [5, 5.41) is 14.6. The van der Waals surface area contributed by atoms with E-state index in [1.807, 2.05) is 0 Å². The highest BCUT2D eigenvalue weighted by molar-refractivity contribution is 5.93. The number of rotatable bonds is 12. The Morgan fingerprint density at radius 1 is 0.811 bits per heavy atom. The Morgan fingerprint density at radius 3 is 2.08 bits per heavy atom. The van der Waals surface area contributed by atoms with E-state index in [9.17, 15) is 29.1 Å². The van der Waals surface area contributed by atoms with Gasteiger partial charge >= 0.3 is 24.0 Å². The Kier molecular flexibility index (Phi) is 10.9. The molecule has 12 nitrogen and oxygen atoms in total. The molecule has 0 radical (unpaired) electrons. The maximum absolute atomic E-state index is 13.0. The van der Waals surface area contributed by atoms with E-state index in [4.69, 9.17) is 9.47 Å². The number of ether oxygens (including phenoxy) is 4. The minimum atomic E-state index is -1.41. The fourth-order valence-corrected chi connectivity index (χ4v) is 3.26. The number of amides is 2. The van der Waals surface area contributed by atoms with Crippen LogP contribution in [0.5, 0.6) is 5.75 Å². The topological polar surface area (TPSA) is 167 Å². The molecule has 12 heteroatoms. The molecule has 0 aromatic heterocycles.